The Morgan fingerprint density at radius 3 is 2.33 bits per heavy atom. The number of nitrogens with zero attached hydrogens (tertiary/aromatic N) is 2. The summed E-state index contributed by atoms with van der Waals surface area (Å²) in [6.45, 7) is 14.5. The van der Waals surface area contributed by atoms with Gasteiger partial charge in [-0.1, -0.05) is 6.42 Å². The van der Waals surface area contributed by atoms with E-state index >= 15 is 0 Å². The van der Waals surface area contributed by atoms with Gasteiger partial charge in [-0.3, -0.25) is 4.90 Å². The van der Waals surface area contributed by atoms with Crippen LogP contribution in [0.4, 0.5) is 0 Å². The van der Waals surface area contributed by atoms with Crippen molar-refractivity contribution in [3.05, 3.63) is 0 Å². The van der Waals surface area contributed by atoms with Gasteiger partial charge in [0, 0.05) is 37.8 Å². The highest BCUT2D eigenvalue weighted by Crippen LogP contribution is 2.16. The van der Waals surface area contributed by atoms with E-state index in [1.807, 2.05) is 0 Å². The number of nitrogens with one attached hydrogen (secondary N) is 1. The van der Waals surface area contributed by atoms with E-state index in [2.05, 4.69) is 35.9 Å². The summed E-state index contributed by atoms with van der Waals surface area (Å²) in [5.41, 5.74) is 0.344. The van der Waals surface area contributed by atoms with E-state index in [1.54, 1.807) is 0 Å². The van der Waals surface area contributed by atoms with Crippen molar-refractivity contribution in [3.63, 3.8) is 0 Å². The summed E-state index contributed by atoms with van der Waals surface area (Å²) in [6, 6.07) is 0.791. The van der Waals surface area contributed by atoms with Crippen molar-refractivity contribution in [2.45, 2.75) is 58.0 Å². The zero-order valence-electron chi connectivity index (χ0n) is 12.5. The third-order valence-corrected chi connectivity index (χ3v) is 4.53. The number of hydrogen-bond donors (Lipinski definition) is 1. The van der Waals surface area contributed by atoms with E-state index in [-0.39, 0.29) is 0 Å². The molecule has 3 nitrogen and oxygen atoms in total. The maximum atomic E-state index is 3.65. The van der Waals surface area contributed by atoms with Gasteiger partial charge in [0.05, 0.1) is 0 Å². The smallest absolute Gasteiger partial charge is 0.0126 e. The van der Waals surface area contributed by atoms with Gasteiger partial charge in [0.15, 0.2) is 0 Å². The molecule has 0 radical (unpaired) electrons. The van der Waals surface area contributed by atoms with Gasteiger partial charge in [-0.05, 0) is 53.1 Å². The number of piperazine rings is 1. The molecule has 18 heavy (non-hydrogen) atoms. The summed E-state index contributed by atoms with van der Waals surface area (Å²) < 4.78 is 0. The summed E-state index contributed by atoms with van der Waals surface area (Å²) in [5, 5.41) is 3.65. The van der Waals surface area contributed by atoms with Gasteiger partial charge in [0.1, 0.15) is 0 Å². The van der Waals surface area contributed by atoms with Gasteiger partial charge in [-0.25, -0.2) is 0 Å². The molecule has 0 aliphatic carbocycles. The minimum absolute atomic E-state index is 0.344. The van der Waals surface area contributed by atoms with Crippen LogP contribution in [0, 0.1) is 0 Å². The Kier molecular flexibility index (Phi) is 5.05. The molecule has 0 aromatic rings. The highest BCUT2D eigenvalue weighted by Gasteiger charge is 2.25. The first-order valence-electron chi connectivity index (χ1n) is 7.76. The van der Waals surface area contributed by atoms with Gasteiger partial charge in [-0.15, -0.1) is 0 Å². The van der Waals surface area contributed by atoms with Gasteiger partial charge in [0.25, 0.3) is 0 Å². The molecule has 1 N–H and O–H groups in total. The second-order valence-electron chi connectivity index (χ2n) is 6.94. The first kappa shape index (κ1) is 14.3. The van der Waals surface area contributed by atoms with Crippen LogP contribution in [0.1, 0.15) is 46.5 Å². The fourth-order valence-corrected chi connectivity index (χ4v) is 3.15. The summed E-state index contributed by atoms with van der Waals surface area (Å²) in [5.74, 6) is 0. The van der Waals surface area contributed by atoms with Crippen LogP contribution >= 0.6 is 0 Å². The molecule has 0 spiro atoms. The Hall–Kier alpha value is -0.120. The molecular formula is C15H31N3. The number of rotatable bonds is 3. The molecule has 0 bridgehead atoms. The van der Waals surface area contributed by atoms with Crippen molar-refractivity contribution in [1.29, 1.82) is 0 Å². The highest BCUT2D eigenvalue weighted by atomic mass is 15.3. The molecule has 2 fully saturated rings. The van der Waals surface area contributed by atoms with Gasteiger partial charge >= 0.3 is 0 Å². The first-order valence-corrected chi connectivity index (χ1v) is 7.76. The molecule has 1 unspecified atom stereocenters. The summed E-state index contributed by atoms with van der Waals surface area (Å²) in [6.07, 6.45) is 5.54. The van der Waals surface area contributed by atoms with Crippen LogP contribution in [0.5, 0.6) is 0 Å². The molecule has 2 saturated heterocycles. The van der Waals surface area contributed by atoms with E-state index in [0.717, 1.165) is 6.04 Å². The van der Waals surface area contributed by atoms with E-state index < -0.39 is 0 Å². The third kappa shape index (κ3) is 4.22. The standard InChI is InChI=1S/C15H31N3/c1-15(2,3)18-12-10-17(11-13-18)9-7-14-6-4-5-8-16-14/h14,16H,4-13H2,1-3H3. The Labute approximate surface area is 113 Å². The van der Waals surface area contributed by atoms with Crippen LogP contribution in [-0.4, -0.2) is 60.6 Å². The van der Waals surface area contributed by atoms with Crippen LogP contribution in [0.15, 0.2) is 0 Å². The van der Waals surface area contributed by atoms with Crippen LogP contribution in [0.3, 0.4) is 0 Å². The molecule has 2 rings (SSSR count). The molecule has 3 heteroatoms. The normalized spacial score (nSPS) is 28.5. The van der Waals surface area contributed by atoms with E-state index in [4.69, 9.17) is 0 Å². The second kappa shape index (κ2) is 6.36. The fourth-order valence-electron chi connectivity index (χ4n) is 3.15. The van der Waals surface area contributed by atoms with E-state index in [9.17, 15) is 0 Å². The Morgan fingerprint density at radius 2 is 1.78 bits per heavy atom. The Balaban J connectivity index is 1.64. The van der Waals surface area contributed by atoms with Crippen LogP contribution < -0.4 is 5.32 Å². The lowest BCUT2D eigenvalue weighted by molar-refractivity contribution is 0.0602. The lowest BCUT2D eigenvalue weighted by atomic mass is 10.0. The molecular weight excluding hydrogens is 222 g/mol. The zero-order valence-corrected chi connectivity index (χ0v) is 12.5. The molecule has 0 saturated carbocycles. The van der Waals surface area contributed by atoms with Crippen molar-refractivity contribution in [2.75, 3.05) is 39.3 Å². The largest absolute Gasteiger partial charge is 0.314 e. The van der Waals surface area contributed by atoms with E-state index in [0.29, 0.717) is 5.54 Å². The lowest BCUT2D eigenvalue weighted by Gasteiger charge is -2.42. The molecule has 0 amide bonds. The van der Waals surface area contributed by atoms with Crippen LogP contribution in [0.25, 0.3) is 0 Å². The monoisotopic (exact) mass is 253 g/mol. The van der Waals surface area contributed by atoms with Gasteiger partial charge in [0.2, 0.25) is 0 Å². The van der Waals surface area contributed by atoms with Crippen molar-refractivity contribution in [3.8, 4) is 0 Å². The minimum Gasteiger partial charge on any atom is -0.314 e. The fraction of sp³-hybridized carbons (Fsp3) is 1.00. The quantitative estimate of drug-likeness (QED) is 0.829. The Bertz CT molecular complexity index is 233. The van der Waals surface area contributed by atoms with Crippen LogP contribution in [0.2, 0.25) is 0 Å². The zero-order chi connectivity index (χ0) is 13.0. The van der Waals surface area contributed by atoms with Crippen molar-refractivity contribution in [2.24, 2.45) is 0 Å². The molecule has 1 atom stereocenters. The maximum Gasteiger partial charge on any atom is 0.0126 e. The number of piperidine rings is 1. The van der Waals surface area contributed by atoms with Gasteiger partial charge in [-0.2, -0.15) is 0 Å². The third-order valence-electron chi connectivity index (χ3n) is 4.53. The SMILES string of the molecule is CC(C)(C)N1CCN(CCC2CCCCN2)CC1. The van der Waals surface area contributed by atoms with Gasteiger partial charge < -0.3 is 10.2 Å². The predicted molar refractivity (Wildman–Crippen MR) is 78.0 cm³/mol. The van der Waals surface area contributed by atoms with Crippen molar-refractivity contribution in [1.82, 2.24) is 15.1 Å². The average molecular weight is 253 g/mol. The highest BCUT2D eigenvalue weighted by molar-refractivity contribution is 4.82. The molecule has 106 valence electrons. The maximum absolute atomic E-state index is 3.65. The Morgan fingerprint density at radius 1 is 1.06 bits per heavy atom. The summed E-state index contributed by atoms with van der Waals surface area (Å²) in [4.78, 5) is 5.26. The minimum atomic E-state index is 0.344. The lowest BCUT2D eigenvalue weighted by Crippen LogP contribution is -2.53. The topological polar surface area (TPSA) is 18.5 Å². The molecule has 2 heterocycles. The summed E-state index contributed by atoms with van der Waals surface area (Å²) >= 11 is 0. The molecule has 0 aromatic heterocycles. The number of hydrogen-bond acceptors (Lipinski definition) is 3. The first-order chi connectivity index (χ1) is 8.55. The van der Waals surface area contributed by atoms with Crippen LogP contribution in [-0.2, 0) is 0 Å². The van der Waals surface area contributed by atoms with Crippen molar-refractivity contribution < 1.29 is 0 Å². The van der Waals surface area contributed by atoms with Crippen molar-refractivity contribution >= 4 is 0 Å². The summed E-state index contributed by atoms with van der Waals surface area (Å²) in [7, 11) is 0. The second-order valence-corrected chi connectivity index (χ2v) is 6.94. The van der Waals surface area contributed by atoms with E-state index in [1.165, 1.54) is 65.0 Å². The molecule has 2 aliphatic heterocycles. The molecule has 2 aliphatic rings. The molecule has 0 aromatic carbocycles. The average Bonchev–Trinajstić information content (AvgIpc) is 2.37. The predicted octanol–water partition coefficient (Wildman–Crippen LogP) is 1.93.